The molecule has 0 saturated carbocycles. The van der Waals surface area contributed by atoms with E-state index in [1.165, 1.54) is 6.33 Å². The molecule has 0 saturated heterocycles. The Morgan fingerprint density at radius 3 is 2.80 bits per heavy atom. The van der Waals surface area contributed by atoms with Crippen LogP contribution >= 0.6 is 0 Å². The van der Waals surface area contributed by atoms with Gasteiger partial charge in [-0.1, -0.05) is 0 Å². The summed E-state index contributed by atoms with van der Waals surface area (Å²) < 4.78 is 0. The molecule has 0 aliphatic rings. The number of aromatic nitrogens is 2. The van der Waals surface area contributed by atoms with Gasteiger partial charge in [0.25, 0.3) is 0 Å². The minimum Gasteiger partial charge on any atom is -0.366 e. The highest BCUT2D eigenvalue weighted by Gasteiger charge is 2.11. The summed E-state index contributed by atoms with van der Waals surface area (Å²) in [6, 6.07) is -0.693. The lowest BCUT2D eigenvalue weighted by atomic mass is 10.1. The molecule has 0 aliphatic carbocycles. The normalized spacial score (nSPS) is 12.9. The number of rotatable bonds is 5. The molecule has 0 spiro atoms. The molecule has 0 aromatic carbocycles. The van der Waals surface area contributed by atoms with E-state index < -0.39 is 11.9 Å². The predicted molar refractivity (Wildman–Crippen MR) is 53.6 cm³/mol. The van der Waals surface area contributed by atoms with E-state index in [9.17, 15) is 9.59 Å². The van der Waals surface area contributed by atoms with E-state index in [0.717, 1.165) is 17.8 Å². The topological polar surface area (TPSA) is 115 Å². The molecular formula is C9H12N4O2. The number of carbonyl (C=O) groups excluding carboxylic acids is 2. The monoisotopic (exact) mass is 208 g/mol. The zero-order valence-electron chi connectivity index (χ0n) is 8.01. The molecule has 0 unspecified atom stereocenters. The van der Waals surface area contributed by atoms with Crippen LogP contribution in [0.5, 0.6) is 0 Å². The standard InChI is InChI=1S/C9H12N4O2/c10-7(3-6-4-12-5-13-6)8(14)1-2-9(11)15/h1-2,4-5,7H,3,10H2,(H2,11,15)(H,12,13)/t7-/m0/s1. The highest BCUT2D eigenvalue weighted by Crippen LogP contribution is 1.97. The first-order chi connectivity index (χ1) is 7.09. The van der Waals surface area contributed by atoms with Crippen molar-refractivity contribution < 1.29 is 9.59 Å². The van der Waals surface area contributed by atoms with E-state index in [1.807, 2.05) is 0 Å². The molecule has 15 heavy (non-hydrogen) atoms. The van der Waals surface area contributed by atoms with Gasteiger partial charge in [-0.3, -0.25) is 9.59 Å². The van der Waals surface area contributed by atoms with Crippen LogP contribution in [0.2, 0.25) is 0 Å². The Morgan fingerprint density at radius 1 is 1.53 bits per heavy atom. The zero-order chi connectivity index (χ0) is 11.3. The maximum absolute atomic E-state index is 11.3. The van der Waals surface area contributed by atoms with Gasteiger partial charge in [-0.15, -0.1) is 0 Å². The van der Waals surface area contributed by atoms with Gasteiger partial charge in [0.1, 0.15) is 0 Å². The number of primary amides is 1. The Bertz CT molecular complexity index is 369. The molecule has 5 N–H and O–H groups in total. The summed E-state index contributed by atoms with van der Waals surface area (Å²) in [6.07, 6.45) is 5.52. The van der Waals surface area contributed by atoms with Gasteiger partial charge in [0, 0.05) is 24.4 Å². The van der Waals surface area contributed by atoms with Crippen molar-refractivity contribution in [1.29, 1.82) is 0 Å². The molecule has 1 atom stereocenters. The fourth-order valence-corrected chi connectivity index (χ4v) is 1.02. The van der Waals surface area contributed by atoms with Crippen molar-refractivity contribution in [1.82, 2.24) is 9.97 Å². The number of carbonyl (C=O) groups is 2. The van der Waals surface area contributed by atoms with Gasteiger partial charge in [-0.2, -0.15) is 0 Å². The number of nitrogens with one attached hydrogen (secondary N) is 1. The lowest BCUT2D eigenvalue weighted by Crippen LogP contribution is -2.31. The van der Waals surface area contributed by atoms with Crippen LogP contribution in [0.1, 0.15) is 5.69 Å². The van der Waals surface area contributed by atoms with E-state index in [0.29, 0.717) is 6.42 Å². The summed E-state index contributed by atoms with van der Waals surface area (Å²) in [5.41, 5.74) is 11.2. The first-order valence-electron chi connectivity index (χ1n) is 4.34. The van der Waals surface area contributed by atoms with Gasteiger partial charge in [0.2, 0.25) is 5.91 Å². The molecule has 1 rings (SSSR count). The lowest BCUT2D eigenvalue weighted by Gasteiger charge is -2.04. The lowest BCUT2D eigenvalue weighted by molar-refractivity contribution is -0.117. The van der Waals surface area contributed by atoms with Crippen molar-refractivity contribution in [2.75, 3.05) is 0 Å². The molecule has 1 amide bonds. The fourth-order valence-electron chi connectivity index (χ4n) is 1.02. The minimum absolute atomic E-state index is 0.344. The summed E-state index contributed by atoms with van der Waals surface area (Å²) in [4.78, 5) is 28.3. The number of hydrogen-bond acceptors (Lipinski definition) is 4. The number of hydrogen-bond donors (Lipinski definition) is 3. The van der Waals surface area contributed by atoms with Crippen molar-refractivity contribution in [2.24, 2.45) is 11.5 Å². The largest absolute Gasteiger partial charge is 0.366 e. The second-order valence-electron chi connectivity index (χ2n) is 3.03. The second kappa shape index (κ2) is 5.06. The quantitative estimate of drug-likeness (QED) is 0.532. The molecule has 1 heterocycles. The fraction of sp³-hybridized carbons (Fsp3) is 0.222. The van der Waals surface area contributed by atoms with Crippen LogP contribution in [0, 0.1) is 0 Å². The number of H-pyrrole nitrogens is 1. The second-order valence-corrected chi connectivity index (χ2v) is 3.03. The number of nitrogens with two attached hydrogens (primary N) is 2. The predicted octanol–water partition coefficient (Wildman–Crippen LogP) is -1.11. The van der Waals surface area contributed by atoms with Gasteiger partial charge in [0.05, 0.1) is 12.4 Å². The average molecular weight is 208 g/mol. The number of ketones is 1. The number of amides is 1. The van der Waals surface area contributed by atoms with Crippen LogP contribution < -0.4 is 11.5 Å². The highest BCUT2D eigenvalue weighted by atomic mass is 16.1. The van der Waals surface area contributed by atoms with Gasteiger partial charge < -0.3 is 16.5 Å². The van der Waals surface area contributed by atoms with Crippen molar-refractivity contribution >= 4 is 11.7 Å². The SMILES string of the molecule is NC(=O)C=CC(=O)[C@@H](N)Cc1cnc[nH]1. The van der Waals surface area contributed by atoms with Crippen molar-refractivity contribution in [3.63, 3.8) is 0 Å². The van der Waals surface area contributed by atoms with Crippen molar-refractivity contribution in [2.45, 2.75) is 12.5 Å². The van der Waals surface area contributed by atoms with Crippen LogP contribution in [0.3, 0.4) is 0 Å². The van der Waals surface area contributed by atoms with Crippen LogP contribution in [-0.4, -0.2) is 27.7 Å². The molecule has 0 aliphatic heterocycles. The number of imidazole rings is 1. The molecule has 6 heteroatoms. The van der Waals surface area contributed by atoms with Crippen LogP contribution in [0.15, 0.2) is 24.7 Å². The van der Waals surface area contributed by atoms with Gasteiger partial charge >= 0.3 is 0 Å². The van der Waals surface area contributed by atoms with E-state index >= 15 is 0 Å². The summed E-state index contributed by atoms with van der Waals surface area (Å²) in [6.45, 7) is 0. The van der Waals surface area contributed by atoms with Crippen molar-refractivity contribution in [3.05, 3.63) is 30.4 Å². The van der Waals surface area contributed by atoms with Gasteiger partial charge in [0.15, 0.2) is 5.78 Å². The third kappa shape index (κ3) is 3.74. The Hall–Kier alpha value is -1.95. The summed E-state index contributed by atoms with van der Waals surface area (Å²) >= 11 is 0. The van der Waals surface area contributed by atoms with E-state index in [2.05, 4.69) is 9.97 Å². The summed E-state index contributed by atoms with van der Waals surface area (Å²) in [7, 11) is 0. The molecule has 0 bridgehead atoms. The average Bonchev–Trinajstić information content (AvgIpc) is 2.66. The van der Waals surface area contributed by atoms with E-state index in [1.54, 1.807) is 6.20 Å². The Balaban J connectivity index is 2.50. The minimum atomic E-state index is -0.693. The smallest absolute Gasteiger partial charge is 0.241 e. The van der Waals surface area contributed by atoms with E-state index in [4.69, 9.17) is 11.5 Å². The molecule has 6 nitrogen and oxygen atoms in total. The molecular weight excluding hydrogens is 196 g/mol. The highest BCUT2D eigenvalue weighted by molar-refractivity contribution is 5.99. The van der Waals surface area contributed by atoms with Crippen LogP contribution in [-0.2, 0) is 16.0 Å². The first-order valence-corrected chi connectivity index (χ1v) is 4.34. The molecule has 1 aromatic heterocycles. The van der Waals surface area contributed by atoms with Crippen LogP contribution in [0.25, 0.3) is 0 Å². The van der Waals surface area contributed by atoms with E-state index in [-0.39, 0.29) is 5.78 Å². The summed E-state index contributed by atoms with van der Waals surface area (Å²) in [5.74, 6) is -1.01. The zero-order valence-corrected chi connectivity index (χ0v) is 8.01. The van der Waals surface area contributed by atoms with Crippen molar-refractivity contribution in [3.8, 4) is 0 Å². The first kappa shape index (κ1) is 11.1. The third-order valence-electron chi connectivity index (χ3n) is 1.77. The number of nitrogens with zero attached hydrogens (tertiary/aromatic N) is 1. The van der Waals surface area contributed by atoms with Gasteiger partial charge in [-0.05, 0) is 6.08 Å². The Morgan fingerprint density at radius 2 is 2.27 bits per heavy atom. The summed E-state index contributed by atoms with van der Waals surface area (Å²) in [5, 5.41) is 0. The third-order valence-corrected chi connectivity index (χ3v) is 1.77. The Labute approximate surface area is 86.4 Å². The van der Waals surface area contributed by atoms with Gasteiger partial charge in [-0.25, -0.2) is 4.98 Å². The molecule has 0 fully saturated rings. The Kier molecular flexibility index (Phi) is 3.75. The molecule has 1 aromatic rings. The maximum Gasteiger partial charge on any atom is 0.241 e. The molecule has 0 radical (unpaired) electrons. The molecule has 80 valence electrons. The maximum atomic E-state index is 11.3. The number of aromatic amines is 1. The van der Waals surface area contributed by atoms with Crippen LogP contribution in [0.4, 0.5) is 0 Å².